The summed E-state index contributed by atoms with van der Waals surface area (Å²) in [4.78, 5) is 13.5. The van der Waals surface area contributed by atoms with E-state index in [1.165, 1.54) is 6.92 Å². The molecule has 0 unspecified atom stereocenters. The zero-order valence-electron chi connectivity index (χ0n) is 7.60. The minimum atomic E-state index is 0.0600. The van der Waals surface area contributed by atoms with Gasteiger partial charge in [0.2, 0.25) is 0 Å². The van der Waals surface area contributed by atoms with Crippen LogP contribution in [0, 0.1) is 22.6 Å². The highest BCUT2D eigenvalue weighted by molar-refractivity contribution is 9.12. The van der Waals surface area contributed by atoms with E-state index >= 15 is 0 Å². The second kappa shape index (κ2) is 5.27. The second-order valence-corrected chi connectivity index (χ2v) is 3.00. The number of hydrogen-bond acceptors (Lipinski definition) is 1. The third-order valence-corrected chi connectivity index (χ3v) is 1.81. The Kier molecular flexibility index (Phi) is 3.98. The van der Waals surface area contributed by atoms with E-state index in [-0.39, 0.29) is 5.78 Å². The van der Waals surface area contributed by atoms with Crippen molar-refractivity contribution in [2.75, 3.05) is 0 Å². The maximum absolute atomic E-state index is 11.0. The highest BCUT2D eigenvalue weighted by atomic mass is 79.9. The zero-order valence-corrected chi connectivity index (χ0v) is 9.18. The molecule has 0 aromatic heterocycles. The molecule has 0 fully saturated rings. The summed E-state index contributed by atoms with van der Waals surface area (Å²) in [6, 6.07) is 7.13. The van der Waals surface area contributed by atoms with E-state index in [1.54, 1.807) is 24.3 Å². The Bertz CT molecular complexity index is 449. The van der Waals surface area contributed by atoms with E-state index in [0.29, 0.717) is 5.56 Å². The number of benzene rings is 1. The fraction of sp³-hybridized carbons (Fsp3) is 0.0833. The monoisotopic (exact) mass is 246 g/mol. The number of halogens is 1. The lowest BCUT2D eigenvalue weighted by Gasteiger charge is -1.93. The number of rotatable bonds is 1. The van der Waals surface area contributed by atoms with Crippen molar-refractivity contribution in [3.63, 3.8) is 0 Å². The molecular formula is C12H7BrO. The smallest absolute Gasteiger partial charge is 0.159 e. The van der Waals surface area contributed by atoms with E-state index in [0.717, 1.165) is 5.56 Å². The molecule has 0 aliphatic heterocycles. The number of carbonyl (C=O) groups is 1. The van der Waals surface area contributed by atoms with Crippen molar-refractivity contribution in [3.8, 4) is 22.6 Å². The second-order valence-electron chi connectivity index (χ2n) is 2.60. The fourth-order valence-corrected chi connectivity index (χ4v) is 1.01. The quantitative estimate of drug-likeness (QED) is 0.550. The van der Waals surface area contributed by atoms with Crippen LogP contribution in [0.1, 0.15) is 22.8 Å². The van der Waals surface area contributed by atoms with Crippen LogP contribution in [0.25, 0.3) is 0 Å². The Balaban J connectivity index is 2.89. The molecule has 0 heterocycles. The molecule has 0 radical (unpaired) electrons. The SMILES string of the molecule is CC(=O)c1ccc(C#CC#CBr)cc1. The zero-order chi connectivity index (χ0) is 10.4. The lowest BCUT2D eigenvalue weighted by Crippen LogP contribution is -1.90. The van der Waals surface area contributed by atoms with Crippen LogP contribution in [-0.2, 0) is 0 Å². The molecule has 0 N–H and O–H groups in total. The van der Waals surface area contributed by atoms with Gasteiger partial charge in [-0.25, -0.2) is 0 Å². The van der Waals surface area contributed by atoms with Gasteiger partial charge in [-0.2, -0.15) is 0 Å². The minimum Gasteiger partial charge on any atom is -0.295 e. The predicted octanol–water partition coefficient (Wildman–Crippen LogP) is 2.60. The third-order valence-electron chi connectivity index (χ3n) is 1.61. The van der Waals surface area contributed by atoms with Gasteiger partial charge < -0.3 is 0 Å². The largest absolute Gasteiger partial charge is 0.295 e. The standard InChI is InChI=1S/C12H7BrO/c1-10(14)12-7-5-11(6-8-12)4-2-3-9-13/h5-8H,1H3. The van der Waals surface area contributed by atoms with E-state index in [2.05, 4.69) is 38.5 Å². The van der Waals surface area contributed by atoms with Gasteiger partial charge in [-0.05, 0) is 35.7 Å². The van der Waals surface area contributed by atoms with E-state index in [1.807, 2.05) is 0 Å². The Morgan fingerprint density at radius 2 is 1.86 bits per heavy atom. The van der Waals surface area contributed by atoms with E-state index in [9.17, 15) is 4.79 Å². The average Bonchev–Trinajstić information content (AvgIpc) is 2.19. The van der Waals surface area contributed by atoms with Crippen molar-refractivity contribution in [3.05, 3.63) is 35.4 Å². The maximum Gasteiger partial charge on any atom is 0.159 e. The van der Waals surface area contributed by atoms with Gasteiger partial charge >= 0.3 is 0 Å². The van der Waals surface area contributed by atoms with Gasteiger partial charge in [-0.3, -0.25) is 4.79 Å². The summed E-state index contributed by atoms with van der Waals surface area (Å²) in [5.74, 6) is 8.14. The maximum atomic E-state index is 11.0. The molecule has 0 saturated carbocycles. The van der Waals surface area contributed by atoms with E-state index < -0.39 is 0 Å². The van der Waals surface area contributed by atoms with Crippen LogP contribution >= 0.6 is 15.9 Å². The molecule has 1 aromatic rings. The molecule has 1 aromatic carbocycles. The molecule has 0 aliphatic carbocycles. The molecule has 0 spiro atoms. The van der Waals surface area contributed by atoms with Crippen LogP contribution in [0.2, 0.25) is 0 Å². The normalized spacial score (nSPS) is 7.86. The number of ketones is 1. The Labute approximate surface area is 91.6 Å². The van der Waals surface area contributed by atoms with Crippen LogP contribution in [0.3, 0.4) is 0 Å². The first-order valence-electron chi connectivity index (χ1n) is 3.96. The van der Waals surface area contributed by atoms with Crippen molar-refractivity contribution in [1.29, 1.82) is 0 Å². The summed E-state index contributed by atoms with van der Waals surface area (Å²) < 4.78 is 0. The van der Waals surface area contributed by atoms with Gasteiger partial charge in [0.15, 0.2) is 5.78 Å². The number of carbonyl (C=O) groups excluding carboxylic acids is 1. The topological polar surface area (TPSA) is 17.1 Å². The average molecular weight is 247 g/mol. The van der Waals surface area contributed by atoms with Gasteiger partial charge in [-0.1, -0.05) is 18.1 Å². The summed E-state index contributed by atoms with van der Waals surface area (Å²) in [6.45, 7) is 1.54. The van der Waals surface area contributed by atoms with Crippen molar-refractivity contribution in [1.82, 2.24) is 0 Å². The highest BCUT2D eigenvalue weighted by Crippen LogP contribution is 2.03. The summed E-state index contributed by atoms with van der Waals surface area (Å²) in [5, 5.41) is 0. The lowest BCUT2D eigenvalue weighted by molar-refractivity contribution is 0.101. The number of Topliss-reactive ketones (excluding diaryl/α,β-unsaturated/α-hetero) is 1. The molecule has 2 heteroatoms. The Hall–Kier alpha value is -1.51. The van der Waals surface area contributed by atoms with Crippen molar-refractivity contribution in [2.45, 2.75) is 6.92 Å². The lowest BCUT2D eigenvalue weighted by atomic mass is 10.1. The molecule has 0 bridgehead atoms. The number of hydrogen-bond donors (Lipinski definition) is 0. The van der Waals surface area contributed by atoms with Crippen LogP contribution in [0.15, 0.2) is 24.3 Å². The van der Waals surface area contributed by atoms with Crippen LogP contribution in [0.4, 0.5) is 0 Å². The molecule has 0 amide bonds. The Morgan fingerprint density at radius 3 is 2.36 bits per heavy atom. The molecule has 68 valence electrons. The summed E-state index contributed by atoms with van der Waals surface area (Å²) in [7, 11) is 0. The molecule has 0 atom stereocenters. The summed E-state index contributed by atoms with van der Waals surface area (Å²) >= 11 is 2.95. The molecule has 1 nitrogen and oxygen atoms in total. The fourth-order valence-electron chi connectivity index (χ4n) is 0.915. The van der Waals surface area contributed by atoms with E-state index in [4.69, 9.17) is 0 Å². The predicted molar refractivity (Wildman–Crippen MR) is 60.0 cm³/mol. The first-order chi connectivity index (χ1) is 6.74. The molecule has 14 heavy (non-hydrogen) atoms. The van der Waals surface area contributed by atoms with Gasteiger partial charge in [0.25, 0.3) is 0 Å². The summed E-state index contributed by atoms with van der Waals surface area (Å²) in [5.41, 5.74) is 1.55. The first kappa shape index (κ1) is 10.6. The van der Waals surface area contributed by atoms with Gasteiger partial charge in [-0.15, -0.1) is 0 Å². The Morgan fingerprint density at radius 1 is 1.21 bits per heavy atom. The molecular weight excluding hydrogens is 240 g/mol. The molecule has 0 saturated heterocycles. The van der Waals surface area contributed by atoms with Crippen LogP contribution in [0.5, 0.6) is 0 Å². The van der Waals surface area contributed by atoms with Gasteiger partial charge in [0.1, 0.15) is 0 Å². The third kappa shape index (κ3) is 3.09. The van der Waals surface area contributed by atoms with Crippen LogP contribution in [-0.4, -0.2) is 5.78 Å². The van der Waals surface area contributed by atoms with Crippen molar-refractivity contribution < 1.29 is 4.79 Å². The van der Waals surface area contributed by atoms with Crippen molar-refractivity contribution >= 4 is 21.7 Å². The van der Waals surface area contributed by atoms with Gasteiger partial charge in [0.05, 0.1) is 0 Å². The molecule has 1 rings (SSSR count). The van der Waals surface area contributed by atoms with Crippen molar-refractivity contribution in [2.24, 2.45) is 0 Å². The highest BCUT2D eigenvalue weighted by Gasteiger charge is 1.96. The first-order valence-corrected chi connectivity index (χ1v) is 4.76. The molecule has 0 aliphatic rings. The minimum absolute atomic E-state index is 0.0600. The van der Waals surface area contributed by atoms with Gasteiger partial charge in [0, 0.05) is 27.1 Å². The van der Waals surface area contributed by atoms with Crippen LogP contribution < -0.4 is 0 Å². The summed E-state index contributed by atoms with van der Waals surface area (Å²) in [6.07, 6.45) is 0.